The third-order valence-corrected chi connectivity index (χ3v) is 3.88. The van der Waals surface area contributed by atoms with Crippen LogP contribution < -0.4 is 0 Å². The highest BCUT2D eigenvalue weighted by atomic mass is 16.2. The van der Waals surface area contributed by atoms with Gasteiger partial charge in [-0.05, 0) is 31.4 Å². The van der Waals surface area contributed by atoms with E-state index in [9.17, 15) is 4.79 Å². The number of nitrogens with zero attached hydrogens (tertiary/aromatic N) is 3. The first-order valence-corrected chi connectivity index (χ1v) is 7.50. The van der Waals surface area contributed by atoms with Crippen molar-refractivity contribution in [1.29, 1.82) is 0 Å². The van der Waals surface area contributed by atoms with Gasteiger partial charge in [-0.2, -0.15) is 0 Å². The fourth-order valence-corrected chi connectivity index (χ4v) is 2.56. The summed E-state index contributed by atoms with van der Waals surface area (Å²) in [5.74, 6) is 0.292. The lowest BCUT2D eigenvalue weighted by molar-refractivity contribution is -0.132. The Labute approximate surface area is 119 Å². The van der Waals surface area contributed by atoms with Gasteiger partial charge in [0.15, 0.2) is 0 Å². The molecule has 106 valence electrons. The Hall–Kier alpha value is -1.84. The van der Waals surface area contributed by atoms with Crippen molar-refractivity contribution in [2.45, 2.75) is 51.6 Å². The number of aromatic nitrogens is 2. The standard InChI is InChI=1S/C16H21N3O/c1-2-3-7-16(20)19(13-8-9-13)12-14-11-17-15-6-4-5-10-18(14)15/h4-6,10-11,13H,2-3,7-9,12H2,1H3. The van der Waals surface area contributed by atoms with Crippen LogP contribution in [0.2, 0.25) is 0 Å². The first-order valence-electron chi connectivity index (χ1n) is 7.50. The highest BCUT2D eigenvalue weighted by Gasteiger charge is 2.32. The summed E-state index contributed by atoms with van der Waals surface area (Å²) in [5, 5.41) is 0. The van der Waals surface area contributed by atoms with E-state index in [-0.39, 0.29) is 0 Å². The van der Waals surface area contributed by atoms with Gasteiger partial charge in [-0.3, -0.25) is 4.79 Å². The van der Waals surface area contributed by atoms with E-state index in [2.05, 4.69) is 16.3 Å². The van der Waals surface area contributed by atoms with Crippen LogP contribution in [-0.4, -0.2) is 26.2 Å². The Morgan fingerprint density at radius 2 is 2.30 bits per heavy atom. The van der Waals surface area contributed by atoms with Gasteiger partial charge in [-0.1, -0.05) is 19.4 Å². The molecule has 0 aliphatic heterocycles. The summed E-state index contributed by atoms with van der Waals surface area (Å²) in [6.45, 7) is 2.80. The van der Waals surface area contributed by atoms with Gasteiger partial charge in [0.25, 0.3) is 0 Å². The third-order valence-electron chi connectivity index (χ3n) is 3.88. The zero-order valence-electron chi connectivity index (χ0n) is 12.0. The normalized spacial score (nSPS) is 14.7. The largest absolute Gasteiger partial charge is 0.334 e. The molecule has 0 N–H and O–H groups in total. The molecule has 1 aliphatic carbocycles. The lowest BCUT2D eigenvalue weighted by Gasteiger charge is -2.22. The van der Waals surface area contributed by atoms with Crippen LogP contribution in [0.4, 0.5) is 0 Å². The minimum atomic E-state index is 0.292. The molecule has 1 fully saturated rings. The van der Waals surface area contributed by atoms with Crippen molar-refractivity contribution >= 4 is 11.6 Å². The van der Waals surface area contributed by atoms with Crippen molar-refractivity contribution in [1.82, 2.24) is 14.3 Å². The van der Waals surface area contributed by atoms with Crippen molar-refractivity contribution < 1.29 is 4.79 Å². The number of carbonyl (C=O) groups is 1. The van der Waals surface area contributed by atoms with Gasteiger partial charge in [0.1, 0.15) is 5.65 Å². The van der Waals surface area contributed by atoms with Gasteiger partial charge in [0.05, 0.1) is 18.4 Å². The Morgan fingerprint density at radius 1 is 1.45 bits per heavy atom. The summed E-state index contributed by atoms with van der Waals surface area (Å²) in [4.78, 5) is 18.8. The molecule has 2 heterocycles. The topological polar surface area (TPSA) is 37.6 Å². The molecule has 1 amide bonds. The molecule has 1 saturated carbocycles. The second-order valence-corrected chi connectivity index (χ2v) is 5.53. The molecule has 0 atom stereocenters. The van der Waals surface area contributed by atoms with E-state index in [0.717, 1.165) is 37.0 Å². The maximum Gasteiger partial charge on any atom is 0.223 e. The molecule has 0 unspecified atom stereocenters. The highest BCUT2D eigenvalue weighted by Crippen LogP contribution is 2.29. The average Bonchev–Trinajstić information content (AvgIpc) is 3.23. The van der Waals surface area contributed by atoms with E-state index in [1.54, 1.807) is 0 Å². The molecule has 3 rings (SSSR count). The first-order chi connectivity index (χ1) is 9.79. The van der Waals surface area contributed by atoms with E-state index >= 15 is 0 Å². The summed E-state index contributed by atoms with van der Waals surface area (Å²) in [6, 6.07) is 6.42. The van der Waals surface area contributed by atoms with Gasteiger partial charge in [0.2, 0.25) is 5.91 Å². The second kappa shape index (κ2) is 5.65. The number of rotatable bonds is 6. The molecule has 0 aromatic carbocycles. The Kier molecular flexibility index (Phi) is 3.72. The SMILES string of the molecule is CCCCC(=O)N(Cc1cnc2ccccn12)C1CC1. The predicted octanol–water partition coefficient (Wildman–Crippen LogP) is 3.02. The van der Waals surface area contributed by atoms with E-state index in [0.29, 0.717) is 24.9 Å². The molecule has 1 aliphatic rings. The van der Waals surface area contributed by atoms with E-state index in [1.807, 2.05) is 35.5 Å². The maximum absolute atomic E-state index is 12.3. The monoisotopic (exact) mass is 271 g/mol. The van der Waals surface area contributed by atoms with Crippen molar-refractivity contribution in [3.63, 3.8) is 0 Å². The molecular formula is C16H21N3O. The van der Waals surface area contributed by atoms with E-state index in [1.165, 1.54) is 0 Å². The minimum Gasteiger partial charge on any atom is -0.334 e. The van der Waals surface area contributed by atoms with Crippen LogP contribution >= 0.6 is 0 Å². The van der Waals surface area contributed by atoms with Crippen LogP contribution in [0, 0.1) is 0 Å². The van der Waals surface area contributed by atoms with Crippen molar-refractivity contribution in [3.05, 3.63) is 36.3 Å². The molecule has 2 aromatic rings. The second-order valence-electron chi connectivity index (χ2n) is 5.53. The smallest absolute Gasteiger partial charge is 0.223 e. The van der Waals surface area contributed by atoms with Crippen molar-refractivity contribution in [2.75, 3.05) is 0 Å². The molecule has 0 radical (unpaired) electrons. The number of hydrogen-bond donors (Lipinski definition) is 0. The van der Waals surface area contributed by atoms with Crippen LogP contribution in [0.1, 0.15) is 44.7 Å². The molecule has 0 bridgehead atoms. The quantitative estimate of drug-likeness (QED) is 0.810. The van der Waals surface area contributed by atoms with Crippen LogP contribution in [0.15, 0.2) is 30.6 Å². The Balaban J connectivity index is 1.77. The minimum absolute atomic E-state index is 0.292. The number of hydrogen-bond acceptors (Lipinski definition) is 2. The van der Waals surface area contributed by atoms with Gasteiger partial charge in [-0.15, -0.1) is 0 Å². The number of carbonyl (C=O) groups excluding carboxylic acids is 1. The van der Waals surface area contributed by atoms with E-state index in [4.69, 9.17) is 0 Å². The van der Waals surface area contributed by atoms with E-state index < -0.39 is 0 Å². The van der Waals surface area contributed by atoms with Crippen LogP contribution in [0.25, 0.3) is 5.65 Å². The van der Waals surface area contributed by atoms with Crippen molar-refractivity contribution in [3.8, 4) is 0 Å². The van der Waals surface area contributed by atoms with Crippen molar-refractivity contribution in [2.24, 2.45) is 0 Å². The number of fused-ring (bicyclic) bond motifs is 1. The lowest BCUT2D eigenvalue weighted by Crippen LogP contribution is -2.32. The first kappa shape index (κ1) is 13.2. The number of imidazole rings is 1. The number of amides is 1. The van der Waals surface area contributed by atoms with Crippen LogP contribution in [0.3, 0.4) is 0 Å². The molecule has 4 heteroatoms. The number of pyridine rings is 1. The highest BCUT2D eigenvalue weighted by molar-refractivity contribution is 5.76. The molecule has 0 saturated heterocycles. The zero-order chi connectivity index (χ0) is 13.9. The Morgan fingerprint density at radius 3 is 3.05 bits per heavy atom. The fourth-order valence-electron chi connectivity index (χ4n) is 2.56. The Bertz CT molecular complexity index is 601. The third kappa shape index (κ3) is 2.69. The van der Waals surface area contributed by atoms with Gasteiger partial charge in [0, 0.05) is 18.7 Å². The fraction of sp³-hybridized carbons (Fsp3) is 0.500. The summed E-state index contributed by atoms with van der Waals surface area (Å²) in [6.07, 6.45) is 8.92. The molecule has 0 spiro atoms. The van der Waals surface area contributed by atoms with Gasteiger partial charge >= 0.3 is 0 Å². The summed E-state index contributed by atoms with van der Waals surface area (Å²) in [5.41, 5.74) is 2.04. The average molecular weight is 271 g/mol. The van der Waals surface area contributed by atoms with Gasteiger partial charge < -0.3 is 9.30 Å². The molecule has 2 aromatic heterocycles. The summed E-state index contributed by atoms with van der Waals surface area (Å²) >= 11 is 0. The van der Waals surface area contributed by atoms with Crippen LogP contribution in [0.5, 0.6) is 0 Å². The zero-order valence-corrected chi connectivity index (χ0v) is 12.0. The van der Waals surface area contributed by atoms with Crippen LogP contribution in [-0.2, 0) is 11.3 Å². The number of unbranched alkanes of at least 4 members (excludes halogenated alkanes) is 1. The van der Waals surface area contributed by atoms with Gasteiger partial charge in [-0.25, -0.2) is 4.98 Å². The lowest BCUT2D eigenvalue weighted by atomic mass is 10.2. The summed E-state index contributed by atoms with van der Waals surface area (Å²) in [7, 11) is 0. The molecule has 20 heavy (non-hydrogen) atoms. The maximum atomic E-state index is 12.3. The molecule has 4 nitrogen and oxygen atoms in total. The summed E-state index contributed by atoms with van der Waals surface area (Å²) < 4.78 is 2.07. The molecular weight excluding hydrogens is 250 g/mol. The predicted molar refractivity (Wildman–Crippen MR) is 78.3 cm³/mol.